The zero-order chi connectivity index (χ0) is 21.9. The van der Waals surface area contributed by atoms with Crippen LogP contribution in [-0.4, -0.2) is 41.8 Å². The molecule has 0 heterocycles. The minimum atomic E-state index is -0.513. The van der Waals surface area contributed by atoms with E-state index in [-0.39, 0.29) is 25.5 Å². The Morgan fingerprint density at radius 3 is 2.27 bits per heavy atom. The number of benzene rings is 2. The SMILES string of the molecule is CC(C)COc1ccc(C(=O)N/C(=C\c2ccc(CO)cc2)C(=O)NCCO)cc1. The number of hydrogen-bond acceptors (Lipinski definition) is 5. The van der Waals surface area contributed by atoms with Crippen molar-refractivity contribution in [1.82, 2.24) is 10.6 Å². The molecular weight excluding hydrogens is 384 g/mol. The summed E-state index contributed by atoms with van der Waals surface area (Å²) in [6, 6.07) is 13.6. The van der Waals surface area contributed by atoms with Crippen LogP contribution in [0.1, 0.15) is 35.3 Å². The van der Waals surface area contributed by atoms with Crippen molar-refractivity contribution in [2.24, 2.45) is 5.92 Å². The first-order valence-corrected chi connectivity index (χ1v) is 9.77. The van der Waals surface area contributed by atoms with E-state index in [0.29, 0.717) is 29.4 Å². The molecule has 0 spiro atoms. The Labute approximate surface area is 176 Å². The second kappa shape index (κ2) is 11.7. The Morgan fingerprint density at radius 1 is 1.03 bits per heavy atom. The number of aliphatic hydroxyl groups is 2. The molecule has 4 N–H and O–H groups in total. The molecule has 0 fully saturated rings. The van der Waals surface area contributed by atoms with Gasteiger partial charge in [0.15, 0.2) is 0 Å². The maximum atomic E-state index is 12.6. The molecule has 0 atom stereocenters. The average molecular weight is 412 g/mol. The van der Waals surface area contributed by atoms with Gasteiger partial charge in [-0.05, 0) is 47.4 Å². The first kappa shape index (κ1) is 23.1. The van der Waals surface area contributed by atoms with Gasteiger partial charge >= 0.3 is 0 Å². The Balaban J connectivity index is 2.16. The smallest absolute Gasteiger partial charge is 0.267 e. The van der Waals surface area contributed by atoms with Crippen LogP contribution in [-0.2, 0) is 11.4 Å². The molecular formula is C23H28N2O5. The minimum absolute atomic E-state index is 0.0466. The average Bonchev–Trinajstić information content (AvgIpc) is 2.76. The fraction of sp³-hybridized carbons (Fsp3) is 0.304. The Bertz CT molecular complexity index is 858. The van der Waals surface area contributed by atoms with Gasteiger partial charge in [0.05, 0.1) is 19.8 Å². The van der Waals surface area contributed by atoms with Gasteiger partial charge in [0.2, 0.25) is 0 Å². The molecule has 0 aliphatic carbocycles. The van der Waals surface area contributed by atoms with E-state index in [1.54, 1.807) is 48.5 Å². The van der Waals surface area contributed by atoms with Crippen LogP contribution in [0.15, 0.2) is 54.2 Å². The number of rotatable bonds is 10. The van der Waals surface area contributed by atoms with Crippen LogP contribution in [0.4, 0.5) is 0 Å². The van der Waals surface area contributed by atoms with Crippen molar-refractivity contribution >= 4 is 17.9 Å². The summed E-state index contributed by atoms with van der Waals surface area (Å²) in [5, 5.41) is 23.3. The van der Waals surface area contributed by atoms with Gasteiger partial charge in [-0.3, -0.25) is 9.59 Å². The molecule has 2 aromatic rings. The van der Waals surface area contributed by atoms with E-state index >= 15 is 0 Å². The van der Waals surface area contributed by atoms with Gasteiger partial charge in [0.25, 0.3) is 11.8 Å². The largest absolute Gasteiger partial charge is 0.493 e. The van der Waals surface area contributed by atoms with Crippen molar-refractivity contribution in [3.05, 3.63) is 70.9 Å². The summed E-state index contributed by atoms with van der Waals surface area (Å²) in [5.41, 5.74) is 1.84. The van der Waals surface area contributed by atoms with Crippen molar-refractivity contribution in [3.63, 3.8) is 0 Å². The van der Waals surface area contributed by atoms with Gasteiger partial charge in [-0.2, -0.15) is 0 Å². The van der Waals surface area contributed by atoms with Gasteiger partial charge in [0, 0.05) is 12.1 Å². The molecule has 0 unspecified atom stereocenters. The highest BCUT2D eigenvalue weighted by Crippen LogP contribution is 2.14. The van der Waals surface area contributed by atoms with E-state index in [1.807, 2.05) is 0 Å². The van der Waals surface area contributed by atoms with Crippen LogP contribution in [0.3, 0.4) is 0 Å². The standard InChI is InChI=1S/C23H28N2O5/c1-16(2)15-30-20-9-7-19(8-10-20)22(28)25-21(23(29)24-11-12-26)13-17-3-5-18(14-27)6-4-17/h3-10,13,16,26-27H,11-12,14-15H2,1-2H3,(H,24,29)(H,25,28)/b21-13-. The predicted molar refractivity (Wildman–Crippen MR) is 115 cm³/mol. The van der Waals surface area contributed by atoms with Crippen LogP contribution >= 0.6 is 0 Å². The number of nitrogens with one attached hydrogen (secondary N) is 2. The fourth-order valence-corrected chi connectivity index (χ4v) is 2.47. The number of carbonyl (C=O) groups excluding carboxylic acids is 2. The fourth-order valence-electron chi connectivity index (χ4n) is 2.47. The van der Waals surface area contributed by atoms with Crippen molar-refractivity contribution in [2.45, 2.75) is 20.5 Å². The molecule has 7 nitrogen and oxygen atoms in total. The molecule has 0 saturated heterocycles. The lowest BCUT2D eigenvalue weighted by Crippen LogP contribution is -2.36. The lowest BCUT2D eigenvalue weighted by atomic mass is 10.1. The molecule has 160 valence electrons. The summed E-state index contributed by atoms with van der Waals surface area (Å²) >= 11 is 0. The van der Waals surface area contributed by atoms with E-state index in [2.05, 4.69) is 24.5 Å². The van der Waals surface area contributed by atoms with Crippen LogP contribution in [0.25, 0.3) is 6.08 Å². The van der Waals surface area contributed by atoms with Gasteiger partial charge in [0.1, 0.15) is 11.4 Å². The van der Waals surface area contributed by atoms with Crippen molar-refractivity contribution in [3.8, 4) is 5.75 Å². The second-order valence-corrected chi connectivity index (χ2v) is 7.12. The first-order valence-electron chi connectivity index (χ1n) is 9.77. The predicted octanol–water partition coefficient (Wildman–Crippen LogP) is 2.09. The highest BCUT2D eigenvalue weighted by molar-refractivity contribution is 6.05. The summed E-state index contributed by atoms with van der Waals surface area (Å²) in [6.07, 6.45) is 1.53. The van der Waals surface area contributed by atoms with Crippen LogP contribution < -0.4 is 15.4 Å². The topological polar surface area (TPSA) is 108 Å². The molecule has 0 radical (unpaired) electrons. The summed E-state index contributed by atoms with van der Waals surface area (Å²) in [5.74, 6) is 0.105. The van der Waals surface area contributed by atoms with Crippen LogP contribution in [0, 0.1) is 5.92 Å². The highest BCUT2D eigenvalue weighted by atomic mass is 16.5. The van der Waals surface area contributed by atoms with Crippen molar-refractivity contribution in [2.75, 3.05) is 19.8 Å². The van der Waals surface area contributed by atoms with Crippen LogP contribution in [0.2, 0.25) is 0 Å². The summed E-state index contributed by atoms with van der Waals surface area (Å²) in [7, 11) is 0. The van der Waals surface area contributed by atoms with Gasteiger partial charge in [-0.1, -0.05) is 38.1 Å². The third kappa shape index (κ3) is 7.35. The Hall–Kier alpha value is -3.16. The zero-order valence-electron chi connectivity index (χ0n) is 17.2. The molecule has 0 aromatic heterocycles. The monoisotopic (exact) mass is 412 g/mol. The Kier molecular flexibility index (Phi) is 9.05. The van der Waals surface area contributed by atoms with E-state index in [9.17, 15) is 9.59 Å². The third-order valence-electron chi connectivity index (χ3n) is 4.06. The Morgan fingerprint density at radius 2 is 1.70 bits per heavy atom. The van der Waals surface area contributed by atoms with E-state index in [0.717, 1.165) is 5.56 Å². The van der Waals surface area contributed by atoms with Gasteiger partial charge in [-0.15, -0.1) is 0 Å². The van der Waals surface area contributed by atoms with E-state index < -0.39 is 11.8 Å². The highest BCUT2D eigenvalue weighted by Gasteiger charge is 2.14. The van der Waals surface area contributed by atoms with Crippen molar-refractivity contribution in [1.29, 1.82) is 0 Å². The second-order valence-electron chi connectivity index (χ2n) is 7.12. The molecule has 0 aliphatic rings. The number of amides is 2. The molecule has 7 heteroatoms. The number of ether oxygens (including phenoxy) is 1. The lowest BCUT2D eigenvalue weighted by molar-refractivity contribution is -0.117. The van der Waals surface area contributed by atoms with Crippen molar-refractivity contribution < 1.29 is 24.5 Å². The molecule has 30 heavy (non-hydrogen) atoms. The van der Waals surface area contributed by atoms with Crippen LogP contribution in [0.5, 0.6) is 5.75 Å². The number of aliphatic hydroxyl groups excluding tert-OH is 2. The minimum Gasteiger partial charge on any atom is -0.493 e. The maximum absolute atomic E-state index is 12.6. The van der Waals surface area contributed by atoms with E-state index in [4.69, 9.17) is 14.9 Å². The normalized spacial score (nSPS) is 11.3. The molecule has 2 aromatic carbocycles. The molecule has 2 amide bonds. The number of hydrogen-bond donors (Lipinski definition) is 4. The maximum Gasteiger partial charge on any atom is 0.267 e. The summed E-state index contributed by atoms with van der Waals surface area (Å²) in [4.78, 5) is 25.1. The third-order valence-corrected chi connectivity index (χ3v) is 4.06. The van der Waals surface area contributed by atoms with Gasteiger partial charge < -0.3 is 25.6 Å². The quantitative estimate of drug-likeness (QED) is 0.447. The lowest BCUT2D eigenvalue weighted by Gasteiger charge is -2.12. The molecule has 0 saturated carbocycles. The summed E-state index contributed by atoms with van der Waals surface area (Å²) in [6.45, 7) is 4.46. The van der Waals surface area contributed by atoms with Gasteiger partial charge in [-0.25, -0.2) is 0 Å². The molecule has 0 aliphatic heterocycles. The number of carbonyl (C=O) groups is 2. The zero-order valence-corrected chi connectivity index (χ0v) is 17.2. The van der Waals surface area contributed by atoms with E-state index in [1.165, 1.54) is 6.08 Å². The first-order chi connectivity index (χ1) is 14.4. The molecule has 2 rings (SSSR count). The summed E-state index contributed by atoms with van der Waals surface area (Å²) < 4.78 is 5.61. The molecule has 0 bridgehead atoms.